The zero-order valence-corrected chi connectivity index (χ0v) is 17.3. The van der Waals surface area contributed by atoms with Gasteiger partial charge in [-0.2, -0.15) is 0 Å². The Bertz CT molecular complexity index is 1010. The molecule has 2 aromatic rings. The zero-order chi connectivity index (χ0) is 22.7. The van der Waals surface area contributed by atoms with Crippen LogP contribution in [0.15, 0.2) is 48.5 Å². The number of amides is 3. The maximum Gasteiger partial charge on any atom is 0.243 e. The highest BCUT2D eigenvalue weighted by Crippen LogP contribution is 2.43. The summed E-state index contributed by atoms with van der Waals surface area (Å²) in [4.78, 5) is 39.8. The van der Waals surface area contributed by atoms with Gasteiger partial charge in [-0.3, -0.25) is 14.4 Å². The second-order valence-electron chi connectivity index (χ2n) is 7.81. The van der Waals surface area contributed by atoms with Crippen LogP contribution in [-0.4, -0.2) is 53.5 Å². The van der Waals surface area contributed by atoms with Crippen molar-refractivity contribution in [2.75, 3.05) is 19.8 Å². The van der Waals surface area contributed by atoms with Gasteiger partial charge in [0.1, 0.15) is 24.2 Å². The molecule has 2 aliphatic heterocycles. The molecule has 2 aliphatic rings. The molecule has 3 atom stereocenters. The summed E-state index contributed by atoms with van der Waals surface area (Å²) in [5, 5.41) is 14.5. The highest BCUT2D eigenvalue weighted by atomic mass is 19.1. The van der Waals surface area contributed by atoms with E-state index in [-0.39, 0.29) is 56.3 Å². The number of piperazine rings is 1. The van der Waals surface area contributed by atoms with Gasteiger partial charge in [-0.1, -0.05) is 24.3 Å². The van der Waals surface area contributed by atoms with Crippen LogP contribution in [0.2, 0.25) is 0 Å². The average molecular weight is 441 g/mol. The van der Waals surface area contributed by atoms with Gasteiger partial charge < -0.3 is 25.4 Å². The molecule has 32 heavy (non-hydrogen) atoms. The highest BCUT2D eigenvalue weighted by Gasteiger charge is 2.52. The molecule has 2 saturated heterocycles. The molecule has 0 aromatic heterocycles. The van der Waals surface area contributed by atoms with Crippen molar-refractivity contribution in [3.8, 4) is 5.75 Å². The van der Waals surface area contributed by atoms with Crippen molar-refractivity contribution in [1.29, 1.82) is 0 Å². The lowest BCUT2D eigenvalue weighted by Gasteiger charge is -2.34. The number of hydrogen-bond donors (Lipinski definition) is 3. The van der Waals surface area contributed by atoms with Crippen molar-refractivity contribution in [2.45, 2.75) is 25.0 Å². The molecule has 0 aliphatic carbocycles. The standard InChI is InChI=1S/C23H24FN3O5/c24-16-6-4-14(5-7-16)12-25-22(30)18-11-19-23(31)26-13-20(29)27(19)21(18)15-2-1-3-17(10-15)32-9-8-28/h1-7,10,18-19,21,28H,8-9,11-13H2,(H,25,30)(H,26,31)/t18-,19-,21-/m0/s1. The molecule has 9 heteroatoms. The minimum absolute atomic E-state index is 0.114. The highest BCUT2D eigenvalue weighted by molar-refractivity contribution is 5.97. The van der Waals surface area contributed by atoms with Gasteiger partial charge in [0.2, 0.25) is 17.7 Å². The van der Waals surface area contributed by atoms with Crippen LogP contribution in [0.5, 0.6) is 5.75 Å². The minimum Gasteiger partial charge on any atom is -0.491 e. The second-order valence-corrected chi connectivity index (χ2v) is 7.81. The van der Waals surface area contributed by atoms with Crippen molar-refractivity contribution >= 4 is 17.7 Å². The number of hydrogen-bond acceptors (Lipinski definition) is 5. The molecule has 3 amide bonds. The fourth-order valence-corrected chi connectivity index (χ4v) is 4.32. The van der Waals surface area contributed by atoms with E-state index in [2.05, 4.69) is 10.6 Å². The number of ether oxygens (including phenoxy) is 1. The van der Waals surface area contributed by atoms with Crippen molar-refractivity contribution in [1.82, 2.24) is 15.5 Å². The molecule has 0 spiro atoms. The van der Waals surface area contributed by atoms with Crippen molar-refractivity contribution in [2.24, 2.45) is 5.92 Å². The Kier molecular flexibility index (Phi) is 6.36. The topological polar surface area (TPSA) is 108 Å². The van der Waals surface area contributed by atoms with Crippen LogP contribution < -0.4 is 15.4 Å². The third-order valence-electron chi connectivity index (χ3n) is 5.77. The number of aliphatic hydroxyl groups excluding tert-OH is 1. The number of nitrogens with zero attached hydrogens (tertiary/aromatic N) is 1. The molecule has 0 saturated carbocycles. The van der Waals surface area contributed by atoms with E-state index in [1.807, 2.05) is 0 Å². The Hall–Kier alpha value is -3.46. The van der Waals surface area contributed by atoms with Crippen LogP contribution >= 0.6 is 0 Å². The first kappa shape index (κ1) is 21.8. The van der Waals surface area contributed by atoms with Crippen LogP contribution in [0.25, 0.3) is 0 Å². The van der Waals surface area contributed by atoms with Crippen molar-refractivity contribution in [3.63, 3.8) is 0 Å². The summed E-state index contributed by atoms with van der Waals surface area (Å²) in [6.07, 6.45) is 0.194. The van der Waals surface area contributed by atoms with E-state index >= 15 is 0 Å². The molecular weight excluding hydrogens is 417 g/mol. The van der Waals surface area contributed by atoms with Crippen LogP contribution in [-0.2, 0) is 20.9 Å². The molecule has 2 fully saturated rings. The first-order chi connectivity index (χ1) is 15.5. The first-order valence-corrected chi connectivity index (χ1v) is 10.4. The Morgan fingerprint density at radius 3 is 2.75 bits per heavy atom. The fourth-order valence-electron chi connectivity index (χ4n) is 4.32. The molecular formula is C23H24FN3O5. The molecule has 2 aromatic carbocycles. The Labute approximate surface area is 184 Å². The molecule has 3 N–H and O–H groups in total. The molecule has 4 rings (SSSR count). The Balaban J connectivity index is 1.60. The number of benzene rings is 2. The summed E-state index contributed by atoms with van der Waals surface area (Å²) in [5.74, 6) is -1.34. The quantitative estimate of drug-likeness (QED) is 0.592. The second kappa shape index (κ2) is 9.35. The summed E-state index contributed by atoms with van der Waals surface area (Å²) in [6.45, 7) is 0.0571. The van der Waals surface area contributed by atoms with Crippen LogP contribution in [0.1, 0.15) is 23.6 Å². The summed E-state index contributed by atoms with van der Waals surface area (Å²) in [7, 11) is 0. The van der Waals surface area contributed by atoms with Gasteiger partial charge in [-0.15, -0.1) is 0 Å². The monoisotopic (exact) mass is 441 g/mol. The maximum absolute atomic E-state index is 13.2. The summed E-state index contributed by atoms with van der Waals surface area (Å²) in [6, 6.07) is 11.4. The molecule has 0 unspecified atom stereocenters. The van der Waals surface area contributed by atoms with E-state index in [0.717, 1.165) is 5.56 Å². The number of nitrogens with one attached hydrogen (secondary N) is 2. The summed E-state index contributed by atoms with van der Waals surface area (Å²) in [5.41, 5.74) is 1.41. The molecule has 8 nitrogen and oxygen atoms in total. The fraction of sp³-hybridized carbons (Fsp3) is 0.348. The van der Waals surface area contributed by atoms with Gasteiger partial charge in [-0.25, -0.2) is 4.39 Å². The smallest absolute Gasteiger partial charge is 0.243 e. The molecule has 168 valence electrons. The Morgan fingerprint density at radius 1 is 1.22 bits per heavy atom. The SMILES string of the molecule is O=C(NCc1ccc(F)cc1)[C@H]1C[C@H]2C(=O)NCC(=O)N2[C@H]1c1cccc(OCCO)c1. The van der Waals surface area contributed by atoms with E-state index in [0.29, 0.717) is 11.3 Å². The minimum atomic E-state index is -0.732. The number of halogens is 1. The number of fused-ring (bicyclic) bond motifs is 1. The number of rotatable bonds is 7. The van der Waals surface area contributed by atoms with Gasteiger partial charge in [-0.05, 0) is 41.8 Å². The van der Waals surface area contributed by atoms with Crippen LogP contribution in [0.3, 0.4) is 0 Å². The van der Waals surface area contributed by atoms with Crippen LogP contribution in [0, 0.1) is 11.7 Å². The van der Waals surface area contributed by atoms with E-state index in [9.17, 15) is 18.8 Å². The molecule has 0 radical (unpaired) electrons. The molecule has 2 heterocycles. The van der Waals surface area contributed by atoms with Crippen LogP contribution in [0.4, 0.5) is 4.39 Å². The van der Waals surface area contributed by atoms with Crippen molar-refractivity contribution in [3.05, 3.63) is 65.5 Å². The largest absolute Gasteiger partial charge is 0.491 e. The number of aliphatic hydroxyl groups is 1. The number of carbonyl (C=O) groups excluding carboxylic acids is 3. The lowest BCUT2D eigenvalue weighted by atomic mass is 9.92. The van der Waals surface area contributed by atoms with Gasteiger partial charge in [0.05, 0.1) is 25.1 Å². The first-order valence-electron chi connectivity index (χ1n) is 10.4. The van der Waals surface area contributed by atoms with E-state index in [4.69, 9.17) is 9.84 Å². The Morgan fingerprint density at radius 2 is 2.00 bits per heavy atom. The van der Waals surface area contributed by atoms with Crippen molar-refractivity contribution < 1.29 is 28.6 Å². The number of carbonyl (C=O) groups is 3. The predicted molar refractivity (Wildman–Crippen MR) is 112 cm³/mol. The van der Waals surface area contributed by atoms with E-state index in [1.165, 1.54) is 17.0 Å². The summed E-state index contributed by atoms with van der Waals surface area (Å²) >= 11 is 0. The van der Waals surface area contributed by atoms with Gasteiger partial charge >= 0.3 is 0 Å². The van der Waals surface area contributed by atoms with Gasteiger partial charge in [0.25, 0.3) is 0 Å². The predicted octanol–water partition coefficient (Wildman–Crippen LogP) is 0.901. The van der Waals surface area contributed by atoms with E-state index < -0.39 is 18.0 Å². The third kappa shape index (κ3) is 4.43. The lowest BCUT2D eigenvalue weighted by molar-refractivity contribution is -0.145. The molecule has 0 bridgehead atoms. The maximum atomic E-state index is 13.2. The average Bonchev–Trinajstić information content (AvgIpc) is 3.22. The summed E-state index contributed by atoms with van der Waals surface area (Å²) < 4.78 is 18.6. The van der Waals surface area contributed by atoms with E-state index in [1.54, 1.807) is 36.4 Å². The zero-order valence-electron chi connectivity index (χ0n) is 17.3. The lowest BCUT2D eigenvalue weighted by Crippen LogP contribution is -2.56. The van der Waals surface area contributed by atoms with Gasteiger partial charge in [0.15, 0.2) is 0 Å². The normalized spacial score (nSPS) is 22.3. The van der Waals surface area contributed by atoms with Gasteiger partial charge in [0, 0.05) is 6.54 Å². The third-order valence-corrected chi connectivity index (χ3v) is 5.77.